The molecule has 0 bridgehead atoms. The van der Waals surface area contributed by atoms with Crippen LogP contribution in [0.25, 0.3) is 0 Å². The van der Waals surface area contributed by atoms with Gasteiger partial charge in [0.05, 0.1) is 6.42 Å². The SMILES string of the molecule is O=C(O)CCC(=O)N1CCN2C(=O)c3ccccc3CC12c1ccc(Cl)cc1. The van der Waals surface area contributed by atoms with E-state index in [9.17, 15) is 14.4 Å². The molecule has 1 saturated heterocycles. The summed E-state index contributed by atoms with van der Waals surface area (Å²) in [6, 6.07) is 14.6. The molecule has 0 radical (unpaired) electrons. The Hall–Kier alpha value is -2.86. The lowest BCUT2D eigenvalue weighted by Gasteiger charge is -2.47. The topological polar surface area (TPSA) is 77.9 Å². The summed E-state index contributed by atoms with van der Waals surface area (Å²) in [6.45, 7) is 0.759. The number of rotatable bonds is 4. The average molecular weight is 399 g/mol. The molecule has 2 aromatic carbocycles. The Morgan fingerprint density at radius 1 is 1.04 bits per heavy atom. The van der Waals surface area contributed by atoms with Gasteiger partial charge >= 0.3 is 5.97 Å². The molecule has 1 unspecified atom stereocenters. The summed E-state index contributed by atoms with van der Waals surface area (Å²) in [4.78, 5) is 40.6. The minimum absolute atomic E-state index is 0.103. The number of hydrogen-bond acceptors (Lipinski definition) is 3. The van der Waals surface area contributed by atoms with E-state index < -0.39 is 11.6 Å². The van der Waals surface area contributed by atoms with Crippen molar-refractivity contribution in [2.24, 2.45) is 0 Å². The number of nitrogens with zero attached hydrogens (tertiary/aromatic N) is 2. The molecule has 2 aliphatic rings. The van der Waals surface area contributed by atoms with Gasteiger partial charge in [0.25, 0.3) is 5.91 Å². The molecule has 1 atom stereocenters. The van der Waals surface area contributed by atoms with E-state index in [4.69, 9.17) is 16.7 Å². The number of halogens is 1. The monoisotopic (exact) mass is 398 g/mol. The molecule has 1 N–H and O–H groups in total. The van der Waals surface area contributed by atoms with Gasteiger partial charge in [-0.2, -0.15) is 0 Å². The summed E-state index contributed by atoms with van der Waals surface area (Å²) >= 11 is 6.06. The molecule has 2 heterocycles. The Bertz CT molecular complexity index is 959. The lowest BCUT2D eigenvalue weighted by atomic mass is 9.83. The molecule has 7 heteroatoms. The smallest absolute Gasteiger partial charge is 0.303 e. The second kappa shape index (κ2) is 6.95. The van der Waals surface area contributed by atoms with Crippen LogP contribution in [0.1, 0.15) is 34.3 Å². The van der Waals surface area contributed by atoms with E-state index >= 15 is 0 Å². The van der Waals surface area contributed by atoms with Crippen LogP contribution in [0.2, 0.25) is 5.02 Å². The van der Waals surface area contributed by atoms with Gasteiger partial charge in [0.2, 0.25) is 5.91 Å². The van der Waals surface area contributed by atoms with Crippen molar-refractivity contribution < 1.29 is 19.5 Å². The summed E-state index contributed by atoms with van der Waals surface area (Å²) in [5.74, 6) is -1.41. The summed E-state index contributed by atoms with van der Waals surface area (Å²) in [5, 5.41) is 9.54. The van der Waals surface area contributed by atoms with Gasteiger partial charge in [-0.25, -0.2) is 0 Å². The van der Waals surface area contributed by atoms with Crippen molar-refractivity contribution in [2.75, 3.05) is 13.1 Å². The highest BCUT2D eigenvalue weighted by Gasteiger charge is 2.55. The zero-order chi connectivity index (χ0) is 19.9. The quantitative estimate of drug-likeness (QED) is 0.859. The molecule has 0 aliphatic carbocycles. The molecular formula is C21H19ClN2O4. The van der Waals surface area contributed by atoms with Gasteiger partial charge in [-0.3, -0.25) is 14.4 Å². The van der Waals surface area contributed by atoms with Crippen molar-refractivity contribution in [1.82, 2.24) is 9.80 Å². The molecule has 144 valence electrons. The van der Waals surface area contributed by atoms with Crippen LogP contribution in [0.3, 0.4) is 0 Å². The van der Waals surface area contributed by atoms with Crippen molar-refractivity contribution in [1.29, 1.82) is 0 Å². The maximum atomic E-state index is 13.2. The first kappa shape index (κ1) is 18.5. The van der Waals surface area contributed by atoms with Crippen LogP contribution < -0.4 is 0 Å². The summed E-state index contributed by atoms with van der Waals surface area (Å²) < 4.78 is 0. The van der Waals surface area contributed by atoms with Crippen molar-refractivity contribution in [3.05, 3.63) is 70.2 Å². The third-order valence-corrected chi connectivity index (χ3v) is 5.78. The van der Waals surface area contributed by atoms with Crippen LogP contribution in [-0.4, -0.2) is 45.8 Å². The first-order chi connectivity index (χ1) is 13.4. The highest BCUT2D eigenvalue weighted by Crippen LogP contribution is 2.45. The number of hydrogen-bond donors (Lipinski definition) is 1. The lowest BCUT2D eigenvalue weighted by molar-refractivity contribution is -0.144. The van der Waals surface area contributed by atoms with Crippen molar-refractivity contribution in [3.63, 3.8) is 0 Å². The van der Waals surface area contributed by atoms with Crippen LogP contribution in [0, 0.1) is 0 Å². The number of carboxylic acid groups (broad SMARTS) is 1. The first-order valence-electron chi connectivity index (χ1n) is 9.11. The minimum atomic E-state index is -1.02. The summed E-state index contributed by atoms with van der Waals surface area (Å²) in [5.41, 5.74) is 1.34. The van der Waals surface area contributed by atoms with Crippen LogP contribution >= 0.6 is 11.6 Å². The van der Waals surface area contributed by atoms with Crippen LogP contribution in [0.4, 0.5) is 0 Å². The van der Waals surface area contributed by atoms with Gasteiger partial charge in [0.15, 0.2) is 0 Å². The minimum Gasteiger partial charge on any atom is -0.481 e. The number of carboxylic acids is 1. The Morgan fingerprint density at radius 2 is 1.75 bits per heavy atom. The number of amides is 2. The van der Waals surface area contributed by atoms with Gasteiger partial charge in [-0.15, -0.1) is 0 Å². The first-order valence-corrected chi connectivity index (χ1v) is 9.49. The molecule has 4 rings (SSSR count). The normalized spacial score (nSPS) is 20.7. The maximum absolute atomic E-state index is 13.2. The van der Waals surface area contributed by atoms with Crippen LogP contribution in [0.5, 0.6) is 0 Å². The van der Waals surface area contributed by atoms with Crippen molar-refractivity contribution in [2.45, 2.75) is 24.9 Å². The van der Waals surface area contributed by atoms with Gasteiger partial charge in [-0.1, -0.05) is 41.9 Å². The molecule has 2 amide bonds. The second-order valence-corrected chi connectivity index (χ2v) is 7.49. The fraction of sp³-hybridized carbons (Fsp3) is 0.286. The zero-order valence-corrected chi connectivity index (χ0v) is 15.9. The largest absolute Gasteiger partial charge is 0.481 e. The highest BCUT2D eigenvalue weighted by molar-refractivity contribution is 6.30. The number of aliphatic carboxylic acids is 1. The lowest BCUT2D eigenvalue weighted by Crippen LogP contribution is -2.58. The fourth-order valence-corrected chi connectivity index (χ4v) is 4.41. The van der Waals surface area contributed by atoms with Gasteiger partial charge in [0.1, 0.15) is 5.66 Å². The van der Waals surface area contributed by atoms with E-state index in [2.05, 4.69) is 0 Å². The second-order valence-electron chi connectivity index (χ2n) is 7.05. The number of fused-ring (bicyclic) bond motifs is 2. The van der Waals surface area contributed by atoms with Crippen molar-refractivity contribution >= 4 is 29.4 Å². The van der Waals surface area contributed by atoms with E-state index in [0.717, 1.165) is 11.1 Å². The summed E-state index contributed by atoms with van der Waals surface area (Å²) in [7, 11) is 0. The molecule has 1 fully saturated rings. The highest BCUT2D eigenvalue weighted by atomic mass is 35.5. The van der Waals surface area contributed by atoms with E-state index in [-0.39, 0.29) is 24.7 Å². The Balaban J connectivity index is 1.83. The third kappa shape index (κ3) is 2.85. The Kier molecular flexibility index (Phi) is 4.59. The molecule has 28 heavy (non-hydrogen) atoms. The number of carbonyl (C=O) groups excluding carboxylic acids is 2. The maximum Gasteiger partial charge on any atom is 0.303 e. The third-order valence-electron chi connectivity index (χ3n) is 5.53. The average Bonchev–Trinajstić information content (AvgIpc) is 3.07. The molecule has 2 aliphatic heterocycles. The van der Waals surface area contributed by atoms with Crippen LogP contribution in [-0.2, 0) is 21.7 Å². The Morgan fingerprint density at radius 3 is 2.46 bits per heavy atom. The molecule has 0 saturated carbocycles. The van der Waals surface area contributed by atoms with E-state index in [0.29, 0.717) is 30.1 Å². The molecule has 6 nitrogen and oxygen atoms in total. The number of benzene rings is 2. The van der Waals surface area contributed by atoms with E-state index in [1.165, 1.54) is 0 Å². The van der Waals surface area contributed by atoms with Gasteiger partial charge < -0.3 is 14.9 Å². The van der Waals surface area contributed by atoms with E-state index in [1.54, 1.807) is 28.0 Å². The molecule has 2 aromatic rings. The molecular weight excluding hydrogens is 380 g/mol. The number of carbonyl (C=O) groups is 3. The van der Waals surface area contributed by atoms with Crippen molar-refractivity contribution in [3.8, 4) is 0 Å². The zero-order valence-electron chi connectivity index (χ0n) is 15.1. The molecule has 0 aromatic heterocycles. The van der Waals surface area contributed by atoms with Gasteiger partial charge in [0, 0.05) is 36.5 Å². The standard InChI is InChI=1S/C21H19ClN2O4/c22-16-7-5-15(6-8-16)21-13-14-3-1-2-4-17(14)20(28)24(21)12-11-23(21)18(25)9-10-19(26)27/h1-8H,9-13H2,(H,26,27). The van der Waals surface area contributed by atoms with Crippen LogP contribution in [0.15, 0.2) is 48.5 Å². The Labute approximate surface area is 167 Å². The summed E-state index contributed by atoms with van der Waals surface area (Å²) in [6.07, 6.45) is 0.111. The predicted molar refractivity (Wildman–Crippen MR) is 103 cm³/mol. The van der Waals surface area contributed by atoms with Gasteiger partial charge in [-0.05, 0) is 29.3 Å². The van der Waals surface area contributed by atoms with E-state index in [1.807, 2.05) is 30.3 Å². The molecule has 0 spiro atoms. The predicted octanol–water partition coefficient (Wildman–Crippen LogP) is 2.90. The fourth-order valence-electron chi connectivity index (χ4n) is 4.28.